The molecule has 4 N–H and O–H groups in total. The van der Waals surface area contributed by atoms with E-state index in [0.717, 1.165) is 0 Å². The van der Waals surface area contributed by atoms with Crippen LogP contribution in [0.15, 0.2) is 0 Å². The lowest BCUT2D eigenvalue weighted by molar-refractivity contribution is -0.127. The summed E-state index contributed by atoms with van der Waals surface area (Å²) in [6.07, 6.45) is 0.433. The number of aliphatic hydroxyl groups excluding tert-OH is 2. The molecule has 0 bridgehead atoms. The summed E-state index contributed by atoms with van der Waals surface area (Å²) in [5.41, 5.74) is 0. The van der Waals surface area contributed by atoms with E-state index >= 15 is 0 Å². The molecule has 0 rings (SSSR count). The molecule has 0 radical (unpaired) electrons. The van der Waals surface area contributed by atoms with Crippen LogP contribution in [-0.4, -0.2) is 54.8 Å². The quantitative estimate of drug-likeness (QED) is 0.340. The monoisotopic (exact) mass is 190 g/mol. The minimum atomic E-state index is -0.908. The van der Waals surface area contributed by atoms with Crippen molar-refractivity contribution in [2.24, 2.45) is 0 Å². The Labute approximate surface area is 75.9 Å². The molecule has 2 atom stereocenters. The highest BCUT2D eigenvalue weighted by Gasteiger charge is 2.17. The van der Waals surface area contributed by atoms with E-state index in [1.165, 1.54) is 7.05 Å². The zero-order valence-electron chi connectivity index (χ0n) is 7.36. The van der Waals surface area contributed by atoms with E-state index < -0.39 is 24.6 Å². The fourth-order valence-corrected chi connectivity index (χ4v) is 0.711. The number of rotatable bonds is 6. The van der Waals surface area contributed by atoms with Crippen LogP contribution in [0, 0.1) is 0 Å². The van der Waals surface area contributed by atoms with Gasteiger partial charge >= 0.3 is 0 Å². The summed E-state index contributed by atoms with van der Waals surface area (Å²) < 4.78 is 0. The number of amides is 1. The summed E-state index contributed by atoms with van der Waals surface area (Å²) in [6.45, 7) is -0.809. The number of likely N-dealkylation sites (N-methyl/N-ethyl adjacent to an activating group) is 1. The molecule has 6 nitrogen and oxygen atoms in total. The molecule has 0 fully saturated rings. The second kappa shape index (κ2) is 6.53. The Morgan fingerprint density at radius 1 is 1.46 bits per heavy atom. The molecule has 0 heterocycles. The van der Waals surface area contributed by atoms with Crippen molar-refractivity contribution in [3.63, 3.8) is 0 Å². The van der Waals surface area contributed by atoms with E-state index in [4.69, 9.17) is 10.2 Å². The molecular formula is C7H14N2O4. The fourth-order valence-electron chi connectivity index (χ4n) is 0.711. The molecule has 0 aliphatic rings. The molecule has 6 heteroatoms. The minimum absolute atomic E-state index is 0.362. The summed E-state index contributed by atoms with van der Waals surface area (Å²) in [6, 6.07) is -1.66. The Bertz CT molecular complexity index is 170. The minimum Gasteiger partial charge on any atom is -0.394 e. The third-order valence-electron chi connectivity index (χ3n) is 1.54. The van der Waals surface area contributed by atoms with Gasteiger partial charge in [-0.25, -0.2) is 0 Å². The van der Waals surface area contributed by atoms with Gasteiger partial charge in [-0.1, -0.05) is 0 Å². The van der Waals surface area contributed by atoms with Gasteiger partial charge in [-0.2, -0.15) is 0 Å². The van der Waals surface area contributed by atoms with Crippen molar-refractivity contribution in [3.8, 4) is 0 Å². The van der Waals surface area contributed by atoms with Crippen LogP contribution in [-0.2, 0) is 9.59 Å². The highest BCUT2D eigenvalue weighted by Crippen LogP contribution is 1.83. The average molecular weight is 190 g/mol. The Morgan fingerprint density at radius 2 is 2.08 bits per heavy atom. The Balaban J connectivity index is 4.02. The number of hydrogen-bond donors (Lipinski definition) is 4. The van der Waals surface area contributed by atoms with Gasteiger partial charge in [0.15, 0.2) is 0 Å². The maximum atomic E-state index is 11.1. The first-order chi connectivity index (χ1) is 6.19. The van der Waals surface area contributed by atoms with E-state index in [0.29, 0.717) is 6.29 Å². The number of carbonyl (C=O) groups is 2. The molecule has 0 aromatic carbocycles. The van der Waals surface area contributed by atoms with Crippen molar-refractivity contribution < 1.29 is 19.8 Å². The van der Waals surface area contributed by atoms with Crippen LogP contribution in [0.4, 0.5) is 0 Å². The molecule has 13 heavy (non-hydrogen) atoms. The van der Waals surface area contributed by atoms with Crippen LogP contribution in [0.1, 0.15) is 0 Å². The third kappa shape index (κ3) is 3.97. The van der Waals surface area contributed by atoms with Crippen LogP contribution in [0.25, 0.3) is 0 Å². The number of aldehydes is 1. The lowest BCUT2D eigenvalue weighted by Gasteiger charge is -2.15. The molecule has 0 aromatic heterocycles. The predicted molar refractivity (Wildman–Crippen MR) is 45.0 cm³/mol. The zero-order valence-corrected chi connectivity index (χ0v) is 7.36. The summed E-state index contributed by atoms with van der Waals surface area (Å²) in [7, 11) is 1.51. The molecule has 0 saturated carbocycles. The van der Waals surface area contributed by atoms with Crippen molar-refractivity contribution in [2.75, 3.05) is 20.3 Å². The van der Waals surface area contributed by atoms with Gasteiger partial charge in [-0.3, -0.25) is 4.79 Å². The number of hydrogen-bond acceptors (Lipinski definition) is 5. The molecular weight excluding hydrogens is 176 g/mol. The second-order valence-corrected chi connectivity index (χ2v) is 2.46. The van der Waals surface area contributed by atoms with E-state index in [1.54, 1.807) is 0 Å². The normalized spacial score (nSPS) is 14.7. The van der Waals surface area contributed by atoms with Crippen LogP contribution < -0.4 is 10.6 Å². The van der Waals surface area contributed by atoms with Gasteiger partial charge in [0.25, 0.3) is 0 Å². The van der Waals surface area contributed by atoms with Crippen molar-refractivity contribution in [1.82, 2.24) is 10.6 Å². The van der Waals surface area contributed by atoms with Gasteiger partial charge in [-0.05, 0) is 7.05 Å². The molecule has 0 aliphatic carbocycles. The number of aliphatic hydroxyl groups is 2. The SMILES string of the molecule is CNC(CO)C(=O)NC(C=O)CO. The van der Waals surface area contributed by atoms with E-state index in [1.807, 2.05) is 0 Å². The maximum Gasteiger partial charge on any atom is 0.240 e. The average Bonchev–Trinajstić information content (AvgIpc) is 2.16. The second-order valence-electron chi connectivity index (χ2n) is 2.46. The van der Waals surface area contributed by atoms with Gasteiger partial charge in [-0.15, -0.1) is 0 Å². The smallest absolute Gasteiger partial charge is 0.240 e. The molecule has 0 aromatic rings. The molecule has 1 amide bonds. The predicted octanol–water partition coefficient (Wildman–Crippen LogP) is -2.76. The van der Waals surface area contributed by atoms with Gasteiger partial charge in [0, 0.05) is 0 Å². The molecule has 0 aliphatic heterocycles. The summed E-state index contributed by atoms with van der Waals surface area (Å²) in [5.74, 6) is -0.517. The highest BCUT2D eigenvalue weighted by molar-refractivity contribution is 5.84. The first-order valence-corrected chi connectivity index (χ1v) is 3.84. The highest BCUT2D eigenvalue weighted by atomic mass is 16.3. The number of carbonyl (C=O) groups excluding carboxylic acids is 2. The first-order valence-electron chi connectivity index (χ1n) is 3.84. The van der Waals surface area contributed by atoms with Crippen molar-refractivity contribution >= 4 is 12.2 Å². The maximum absolute atomic E-state index is 11.1. The van der Waals surface area contributed by atoms with Crippen LogP contribution in [0.3, 0.4) is 0 Å². The van der Waals surface area contributed by atoms with E-state index in [-0.39, 0.29) is 6.61 Å². The molecule has 0 saturated heterocycles. The van der Waals surface area contributed by atoms with Gasteiger partial charge in [0.1, 0.15) is 18.4 Å². The summed E-state index contributed by atoms with van der Waals surface area (Å²) >= 11 is 0. The fraction of sp³-hybridized carbons (Fsp3) is 0.714. The van der Waals surface area contributed by atoms with Crippen LogP contribution in [0.5, 0.6) is 0 Å². The first kappa shape index (κ1) is 12.0. The topological polar surface area (TPSA) is 98.7 Å². The standard InChI is InChI=1S/C7H14N2O4/c1-8-6(4-12)7(13)9-5(2-10)3-11/h2,5-6,8,11-12H,3-4H2,1H3,(H,9,13). The van der Waals surface area contributed by atoms with Crippen LogP contribution >= 0.6 is 0 Å². The third-order valence-corrected chi connectivity index (χ3v) is 1.54. The van der Waals surface area contributed by atoms with E-state index in [2.05, 4.69) is 10.6 Å². The molecule has 2 unspecified atom stereocenters. The van der Waals surface area contributed by atoms with Gasteiger partial charge in [0.2, 0.25) is 5.91 Å². The lowest BCUT2D eigenvalue weighted by Crippen LogP contribution is -2.50. The van der Waals surface area contributed by atoms with Crippen LogP contribution in [0.2, 0.25) is 0 Å². The largest absolute Gasteiger partial charge is 0.394 e. The Hall–Kier alpha value is -0.980. The number of nitrogens with one attached hydrogen (secondary N) is 2. The van der Waals surface area contributed by atoms with E-state index in [9.17, 15) is 9.59 Å². The Kier molecular flexibility index (Phi) is 6.03. The van der Waals surface area contributed by atoms with Gasteiger partial charge in [0.05, 0.1) is 13.2 Å². The van der Waals surface area contributed by atoms with Gasteiger partial charge < -0.3 is 25.6 Å². The Morgan fingerprint density at radius 3 is 2.38 bits per heavy atom. The van der Waals surface area contributed by atoms with Crippen molar-refractivity contribution in [2.45, 2.75) is 12.1 Å². The zero-order chi connectivity index (χ0) is 10.3. The summed E-state index contributed by atoms with van der Waals surface area (Å²) in [5, 5.41) is 22.0. The molecule has 0 spiro atoms. The lowest BCUT2D eigenvalue weighted by atomic mass is 10.2. The van der Waals surface area contributed by atoms with Crippen molar-refractivity contribution in [1.29, 1.82) is 0 Å². The molecule has 76 valence electrons. The van der Waals surface area contributed by atoms with Crippen molar-refractivity contribution in [3.05, 3.63) is 0 Å². The summed E-state index contributed by atoms with van der Waals surface area (Å²) in [4.78, 5) is 21.3.